The van der Waals surface area contributed by atoms with E-state index in [1.807, 2.05) is 12.1 Å². The molecule has 1 aromatic rings. The fourth-order valence-electron chi connectivity index (χ4n) is 1.96. The van der Waals surface area contributed by atoms with Crippen LogP contribution in [0.4, 0.5) is 0 Å². The Morgan fingerprint density at radius 3 is 2.93 bits per heavy atom. The number of nitrogens with zero attached hydrogens (tertiary/aromatic N) is 1. The molecule has 1 N–H and O–H groups in total. The van der Waals surface area contributed by atoms with Gasteiger partial charge in [-0.15, -0.1) is 0 Å². The minimum atomic E-state index is 0.361. The normalized spacial score (nSPS) is 16.4. The molecule has 0 aromatic heterocycles. The lowest BCUT2D eigenvalue weighted by Gasteiger charge is -2.01. The number of phenols is 1. The van der Waals surface area contributed by atoms with E-state index in [0.29, 0.717) is 5.75 Å². The van der Waals surface area contributed by atoms with E-state index in [4.69, 9.17) is 0 Å². The number of aromatic hydroxyl groups is 1. The molecule has 0 spiro atoms. The van der Waals surface area contributed by atoms with Gasteiger partial charge >= 0.3 is 0 Å². The van der Waals surface area contributed by atoms with Gasteiger partial charge in [0.05, 0.1) is 0 Å². The minimum absolute atomic E-state index is 0.361. The fraction of sp³-hybridized carbons (Fsp3) is 0.417. The van der Waals surface area contributed by atoms with Crippen molar-refractivity contribution < 1.29 is 9.68 Å². The molecule has 2 nitrogen and oxygen atoms in total. The van der Waals surface area contributed by atoms with E-state index in [-0.39, 0.29) is 0 Å². The molecule has 0 saturated carbocycles. The second-order valence-electron chi connectivity index (χ2n) is 3.93. The molecule has 0 amide bonds. The Morgan fingerprint density at radius 1 is 1.43 bits per heavy atom. The molecular formula is C12H16NO+. The van der Waals surface area contributed by atoms with Gasteiger partial charge in [0.2, 0.25) is 0 Å². The smallest absolute Gasteiger partial charge is 0.168 e. The van der Waals surface area contributed by atoms with Gasteiger partial charge in [0.15, 0.2) is 6.54 Å². The van der Waals surface area contributed by atoms with Crippen LogP contribution in [0.25, 0.3) is 0 Å². The van der Waals surface area contributed by atoms with Crippen LogP contribution in [0, 0.1) is 0 Å². The molecule has 0 atom stereocenters. The largest absolute Gasteiger partial charge is 0.508 e. The molecule has 0 unspecified atom stereocenters. The molecular weight excluding hydrogens is 174 g/mol. The summed E-state index contributed by atoms with van der Waals surface area (Å²) in [6.45, 7) is 4.28. The van der Waals surface area contributed by atoms with Crippen molar-refractivity contribution in [2.75, 3.05) is 6.54 Å². The van der Waals surface area contributed by atoms with E-state index in [2.05, 4.69) is 17.6 Å². The summed E-state index contributed by atoms with van der Waals surface area (Å²) in [5.74, 6) is 0.361. The van der Waals surface area contributed by atoms with Crippen molar-refractivity contribution in [2.24, 2.45) is 0 Å². The summed E-state index contributed by atoms with van der Waals surface area (Å²) in [5.41, 5.74) is 2.65. The molecule has 2 rings (SSSR count). The lowest BCUT2D eigenvalue weighted by atomic mass is 10.2. The number of hydrogen-bond donors (Lipinski definition) is 1. The predicted octanol–water partition coefficient (Wildman–Crippen LogP) is 2.16. The summed E-state index contributed by atoms with van der Waals surface area (Å²) in [7, 11) is 0. The van der Waals surface area contributed by atoms with Crippen molar-refractivity contribution in [3.05, 3.63) is 29.8 Å². The number of benzene rings is 1. The highest BCUT2D eigenvalue weighted by Crippen LogP contribution is 2.14. The van der Waals surface area contributed by atoms with Gasteiger partial charge in [-0.2, -0.15) is 0 Å². The molecule has 1 aromatic carbocycles. The fourth-order valence-corrected chi connectivity index (χ4v) is 1.96. The zero-order valence-electron chi connectivity index (χ0n) is 8.53. The van der Waals surface area contributed by atoms with E-state index in [1.165, 1.54) is 24.1 Å². The predicted molar refractivity (Wildman–Crippen MR) is 56.9 cm³/mol. The average molecular weight is 190 g/mol. The number of rotatable bonds is 2. The summed E-state index contributed by atoms with van der Waals surface area (Å²) in [4.78, 5) is 0. The third kappa shape index (κ3) is 1.95. The minimum Gasteiger partial charge on any atom is -0.508 e. The van der Waals surface area contributed by atoms with Gasteiger partial charge in [0.1, 0.15) is 18.0 Å². The molecule has 1 aliphatic rings. The maximum Gasteiger partial charge on any atom is 0.168 e. The lowest BCUT2D eigenvalue weighted by Crippen LogP contribution is -2.12. The summed E-state index contributed by atoms with van der Waals surface area (Å²) in [6.07, 6.45) is 2.49. The Hall–Kier alpha value is -1.31. The third-order valence-corrected chi connectivity index (χ3v) is 2.79. The van der Waals surface area contributed by atoms with Gasteiger partial charge < -0.3 is 5.11 Å². The van der Waals surface area contributed by atoms with E-state index >= 15 is 0 Å². The van der Waals surface area contributed by atoms with E-state index in [9.17, 15) is 5.11 Å². The Morgan fingerprint density at radius 2 is 2.29 bits per heavy atom. The van der Waals surface area contributed by atoms with Gasteiger partial charge in [0, 0.05) is 25.3 Å². The van der Waals surface area contributed by atoms with E-state index in [0.717, 1.165) is 13.1 Å². The molecule has 74 valence electrons. The first-order valence-electron chi connectivity index (χ1n) is 5.11. The molecule has 0 bridgehead atoms. The van der Waals surface area contributed by atoms with Crippen molar-refractivity contribution in [2.45, 2.75) is 26.3 Å². The molecule has 0 fully saturated rings. The Bertz CT molecular complexity index is 368. The molecule has 0 aliphatic carbocycles. The molecule has 0 saturated heterocycles. The summed E-state index contributed by atoms with van der Waals surface area (Å²) in [6, 6.07) is 7.51. The highest BCUT2D eigenvalue weighted by atomic mass is 16.3. The lowest BCUT2D eigenvalue weighted by molar-refractivity contribution is -0.536. The number of hydrogen-bond acceptors (Lipinski definition) is 1. The van der Waals surface area contributed by atoms with Crippen LogP contribution in [0.1, 0.15) is 25.3 Å². The van der Waals surface area contributed by atoms with E-state index in [1.54, 1.807) is 6.07 Å². The topological polar surface area (TPSA) is 23.2 Å². The first kappa shape index (κ1) is 9.25. The van der Waals surface area contributed by atoms with Gasteiger partial charge in [0.25, 0.3) is 0 Å². The second-order valence-corrected chi connectivity index (χ2v) is 3.93. The highest BCUT2D eigenvalue weighted by Gasteiger charge is 2.17. The van der Waals surface area contributed by atoms with Crippen molar-refractivity contribution >= 4 is 5.71 Å². The van der Waals surface area contributed by atoms with Crippen molar-refractivity contribution in [1.82, 2.24) is 0 Å². The van der Waals surface area contributed by atoms with Crippen LogP contribution in [0.3, 0.4) is 0 Å². The average Bonchev–Trinajstić information content (AvgIpc) is 2.52. The first-order chi connectivity index (χ1) is 6.75. The SMILES string of the molecule is CC1=[N+](Cc2cccc(O)c2)CCC1. The van der Waals surface area contributed by atoms with E-state index < -0.39 is 0 Å². The van der Waals surface area contributed by atoms with Gasteiger partial charge in [-0.3, -0.25) is 0 Å². The Balaban J connectivity index is 2.14. The number of phenolic OH excluding ortho intramolecular Hbond substituents is 1. The Labute approximate surface area is 84.5 Å². The third-order valence-electron chi connectivity index (χ3n) is 2.79. The summed E-state index contributed by atoms with van der Waals surface area (Å²) >= 11 is 0. The van der Waals surface area contributed by atoms with Crippen LogP contribution in [0.5, 0.6) is 5.75 Å². The quantitative estimate of drug-likeness (QED) is 0.710. The first-order valence-corrected chi connectivity index (χ1v) is 5.11. The molecule has 0 radical (unpaired) electrons. The van der Waals surface area contributed by atoms with Crippen LogP contribution < -0.4 is 0 Å². The molecule has 1 heterocycles. The maximum absolute atomic E-state index is 9.33. The van der Waals surface area contributed by atoms with Crippen molar-refractivity contribution in [3.63, 3.8) is 0 Å². The van der Waals surface area contributed by atoms with Gasteiger partial charge in [-0.25, -0.2) is 4.58 Å². The maximum atomic E-state index is 9.33. The standard InChI is InChI=1S/C12H15NO/c1-10-4-3-7-13(10)9-11-5-2-6-12(14)8-11/h2,5-6,8H,3-4,7,9H2,1H3/p+1. The van der Waals surface area contributed by atoms with Crippen molar-refractivity contribution in [1.29, 1.82) is 0 Å². The Kier molecular flexibility index (Phi) is 2.53. The molecule has 2 heteroatoms. The zero-order chi connectivity index (χ0) is 9.97. The zero-order valence-corrected chi connectivity index (χ0v) is 8.53. The molecule has 1 aliphatic heterocycles. The monoisotopic (exact) mass is 190 g/mol. The summed E-state index contributed by atoms with van der Waals surface area (Å²) < 4.78 is 2.38. The van der Waals surface area contributed by atoms with Gasteiger partial charge in [-0.1, -0.05) is 12.1 Å². The van der Waals surface area contributed by atoms with Crippen molar-refractivity contribution in [3.8, 4) is 5.75 Å². The highest BCUT2D eigenvalue weighted by molar-refractivity contribution is 5.77. The summed E-state index contributed by atoms with van der Waals surface area (Å²) in [5, 5.41) is 9.33. The van der Waals surface area contributed by atoms with Crippen LogP contribution >= 0.6 is 0 Å². The van der Waals surface area contributed by atoms with Crippen LogP contribution in [0.2, 0.25) is 0 Å². The molecule has 14 heavy (non-hydrogen) atoms. The van der Waals surface area contributed by atoms with Crippen LogP contribution in [-0.4, -0.2) is 21.9 Å². The van der Waals surface area contributed by atoms with Gasteiger partial charge in [-0.05, 0) is 12.1 Å². The second kappa shape index (κ2) is 3.82. The van der Waals surface area contributed by atoms with Crippen LogP contribution in [-0.2, 0) is 6.54 Å². The van der Waals surface area contributed by atoms with Crippen LogP contribution in [0.15, 0.2) is 24.3 Å².